The van der Waals surface area contributed by atoms with Gasteiger partial charge in [0.15, 0.2) is 5.78 Å². The van der Waals surface area contributed by atoms with Crippen molar-refractivity contribution in [2.75, 3.05) is 32.8 Å². The van der Waals surface area contributed by atoms with Gasteiger partial charge in [-0.1, -0.05) is 23.2 Å². The van der Waals surface area contributed by atoms with E-state index in [1.165, 1.54) is 0 Å². The maximum absolute atomic E-state index is 12.0. The molecule has 6 heteroatoms. The Morgan fingerprint density at radius 3 is 2.53 bits per heavy atom. The minimum absolute atomic E-state index is 0. The minimum atomic E-state index is 0. The van der Waals surface area contributed by atoms with Crippen molar-refractivity contribution in [2.24, 2.45) is 0 Å². The number of hydrogen-bond donors (Lipinski definition) is 0. The van der Waals surface area contributed by atoms with E-state index in [9.17, 15) is 4.79 Å². The van der Waals surface area contributed by atoms with Crippen molar-refractivity contribution in [2.45, 2.75) is 6.42 Å². The first-order chi connectivity index (χ1) is 8.66. The van der Waals surface area contributed by atoms with E-state index in [2.05, 4.69) is 4.90 Å². The number of rotatable bonds is 4. The molecule has 1 aliphatic heterocycles. The van der Waals surface area contributed by atoms with Gasteiger partial charge in [-0.05, 0) is 18.2 Å². The second-order valence-electron chi connectivity index (χ2n) is 4.26. The molecular formula is C13H16Cl3NO2. The van der Waals surface area contributed by atoms with Crippen LogP contribution < -0.4 is 0 Å². The maximum Gasteiger partial charge on any atom is 0.164 e. The lowest BCUT2D eigenvalue weighted by molar-refractivity contribution is 0.0370. The Labute approximate surface area is 129 Å². The molecule has 1 fully saturated rings. The minimum Gasteiger partial charge on any atom is -0.379 e. The molecule has 1 aromatic rings. The summed E-state index contributed by atoms with van der Waals surface area (Å²) in [5, 5.41) is 0.898. The third-order valence-corrected chi connectivity index (χ3v) is 3.74. The molecule has 106 valence electrons. The van der Waals surface area contributed by atoms with Gasteiger partial charge in [-0.25, -0.2) is 0 Å². The largest absolute Gasteiger partial charge is 0.379 e. The SMILES string of the molecule is Cl.O=C(CCN1CCOCC1)c1ccc(Cl)c(Cl)c1. The Morgan fingerprint density at radius 2 is 1.89 bits per heavy atom. The standard InChI is InChI=1S/C13H15Cl2NO2.ClH/c14-11-2-1-10(9-12(11)15)13(17)3-4-16-5-7-18-8-6-16;/h1-2,9H,3-8H2;1H. The molecule has 1 heterocycles. The molecule has 0 N–H and O–H groups in total. The normalized spacial score (nSPS) is 15.9. The first-order valence-corrected chi connectivity index (χ1v) is 6.71. The molecule has 0 atom stereocenters. The van der Waals surface area contributed by atoms with Crippen LogP contribution in [0.2, 0.25) is 10.0 Å². The van der Waals surface area contributed by atoms with E-state index >= 15 is 0 Å². The molecule has 0 radical (unpaired) electrons. The summed E-state index contributed by atoms with van der Waals surface area (Å²) < 4.78 is 5.26. The van der Waals surface area contributed by atoms with E-state index in [1.807, 2.05) is 0 Å². The van der Waals surface area contributed by atoms with Gasteiger partial charge in [-0.15, -0.1) is 12.4 Å². The topological polar surface area (TPSA) is 29.5 Å². The Morgan fingerprint density at radius 1 is 1.21 bits per heavy atom. The molecule has 0 aliphatic carbocycles. The van der Waals surface area contributed by atoms with Crippen molar-refractivity contribution >= 4 is 41.4 Å². The second-order valence-corrected chi connectivity index (χ2v) is 5.07. The van der Waals surface area contributed by atoms with Crippen LogP contribution in [0.4, 0.5) is 0 Å². The van der Waals surface area contributed by atoms with Crippen molar-refractivity contribution in [1.29, 1.82) is 0 Å². The fourth-order valence-electron chi connectivity index (χ4n) is 1.90. The van der Waals surface area contributed by atoms with Crippen LogP contribution in [-0.4, -0.2) is 43.5 Å². The van der Waals surface area contributed by atoms with Crippen LogP contribution in [0.5, 0.6) is 0 Å². The average molecular weight is 325 g/mol. The molecule has 0 bridgehead atoms. The highest BCUT2D eigenvalue weighted by atomic mass is 35.5. The third-order valence-electron chi connectivity index (χ3n) is 3.00. The summed E-state index contributed by atoms with van der Waals surface area (Å²) in [7, 11) is 0. The van der Waals surface area contributed by atoms with E-state index < -0.39 is 0 Å². The molecule has 3 nitrogen and oxygen atoms in total. The van der Waals surface area contributed by atoms with Crippen molar-refractivity contribution in [1.82, 2.24) is 4.90 Å². The monoisotopic (exact) mass is 323 g/mol. The number of carbonyl (C=O) groups is 1. The number of halogens is 3. The molecule has 0 unspecified atom stereocenters. The van der Waals surface area contributed by atoms with Crippen molar-refractivity contribution in [3.05, 3.63) is 33.8 Å². The van der Waals surface area contributed by atoms with E-state index in [4.69, 9.17) is 27.9 Å². The van der Waals surface area contributed by atoms with E-state index in [0.29, 0.717) is 22.0 Å². The Kier molecular flexibility index (Phi) is 7.11. The molecule has 0 amide bonds. The summed E-state index contributed by atoms with van der Waals surface area (Å²) in [6, 6.07) is 5.01. The lowest BCUT2D eigenvalue weighted by atomic mass is 10.1. The van der Waals surface area contributed by atoms with Crippen LogP contribution >= 0.6 is 35.6 Å². The Bertz CT molecular complexity index is 434. The molecule has 0 aromatic heterocycles. The molecule has 19 heavy (non-hydrogen) atoms. The molecule has 1 aromatic carbocycles. The number of morpholine rings is 1. The first-order valence-electron chi connectivity index (χ1n) is 5.95. The van der Waals surface area contributed by atoms with Crippen molar-refractivity contribution in [3.8, 4) is 0 Å². The fraction of sp³-hybridized carbons (Fsp3) is 0.462. The predicted molar refractivity (Wildman–Crippen MR) is 79.9 cm³/mol. The van der Waals surface area contributed by atoms with Gasteiger partial charge in [0.1, 0.15) is 0 Å². The number of benzene rings is 1. The van der Waals surface area contributed by atoms with Gasteiger partial charge in [0.25, 0.3) is 0 Å². The zero-order valence-corrected chi connectivity index (χ0v) is 12.7. The van der Waals surface area contributed by atoms with Crippen LogP contribution in [-0.2, 0) is 4.74 Å². The molecule has 0 spiro atoms. The summed E-state index contributed by atoms with van der Waals surface area (Å²) in [5.41, 5.74) is 0.623. The maximum atomic E-state index is 12.0. The zero-order chi connectivity index (χ0) is 13.0. The molecule has 1 aliphatic rings. The lowest BCUT2D eigenvalue weighted by Gasteiger charge is -2.26. The van der Waals surface area contributed by atoms with Crippen LogP contribution in [0.25, 0.3) is 0 Å². The second kappa shape index (κ2) is 8.08. The average Bonchev–Trinajstić information content (AvgIpc) is 2.40. The van der Waals surface area contributed by atoms with Gasteiger partial charge in [-0.2, -0.15) is 0 Å². The summed E-state index contributed by atoms with van der Waals surface area (Å²) in [6.07, 6.45) is 0.498. The molecule has 2 rings (SSSR count). The summed E-state index contributed by atoms with van der Waals surface area (Å²) >= 11 is 11.7. The van der Waals surface area contributed by atoms with Crippen LogP contribution in [0.1, 0.15) is 16.8 Å². The van der Waals surface area contributed by atoms with Crippen molar-refractivity contribution in [3.63, 3.8) is 0 Å². The van der Waals surface area contributed by atoms with Crippen LogP contribution in [0.15, 0.2) is 18.2 Å². The smallest absolute Gasteiger partial charge is 0.164 e. The first kappa shape index (κ1) is 16.7. The van der Waals surface area contributed by atoms with Gasteiger partial charge >= 0.3 is 0 Å². The van der Waals surface area contributed by atoms with Crippen LogP contribution in [0, 0.1) is 0 Å². The number of ketones is 1. The van der Waals surface area contributed by atoms with Gasteiger partial charge < -0.3 is 4.74 Å². The molecule has 1 saturated heterocycles. The molecule has 0 saturated carbocycles. The van der Waals surface area contributed by atoms with Gasteiger partial charge in [0.2, 0.25) is 0 Å². The third kappa shape index (κ3) is 4.93. The van der Waals surface area contributed by atoms with E-state index in [0.717, 1.165) is 32.8 Å². The number of nitrogens with zero attached hydrogens (tertiary/aromatic N) is 1. The number of carbonyl (C=O) groups excluding carboxylic acids is 1. The summed E-state index contributed by atoms with van der Waals surface area (Å²) in [6.45, 7) is 4.06. The quantitative estimate of drug-likeness (QED) is 0.796. The Hall–Kier alpha value is -0.320. The number of ether oxygens (including phenoxy) is 1. The number of Topliss-reactive ketones (excluding diaryl/α,β-unsaturated/α-hetero) is 1. The summed E-state index contributed by atoms with van der Waals surface area (Å²) in [4.78, 5) is 14.2. The van der Waals surface area contributed by atoms with Gasteiger partial charge in [0, 0.05) is 31.6 Å². The lowest BCUT2D eigenvalue weighted by Crippen LogP contribution is -2.37. The Balaban J connectivity index is 0.00000180. The fourth-order valence-corrected chi connectivity index (χ4v) is 2.20. The summed E-state index contributed by atoms with van der Waals surface area (Å²) in [5.74, 6) is 0.0973. The highest BCUT2D eigenvalue weighted by molar-refractivity contribution is 6.42. The highest BCUT2D eigenvalue weighted by Gasteiger charge is 2.13. The predicted octanol–water partition coefficient (Wildman–Crippen LogP) is 3.32. The zero-order valence-electron chi connectivity index (χ0n) is 10.4. The van der Waals surface area contributed by atoms with Gasteiger partial charge in [-0.3, -0.25) is 9.69 Å². The van der Waals surface area contributed by atoms with Crippen LogP contribution in [0.3, 0.4) is 0 Å². The van der Waals surface area contributed by atoms with Crippen molar-refractivity contribution < 1.29 is 9.53 Å². The van der Waals surface area contributed by atoms with E-state index in [1.54, 1.807) is 18.2 Å². The van der Waals surface area contributed by atoms with Gasteiger partial charge in [0.05, 0.1) is 23.3 Å². The molecular weight excluding hydrogens is 309 g/mol. The number of hydrogen-bond acceptors (Lipinski definition) is 3. The van der Waals surface area contributed by atoms with E-state index in [-0.39, 0.29) is 18.2 Å². The highest BCUT2D eigenvalue weighted by Crippen LogP contribution is 2.23.